The maximum absolute atomic E-state index is 13.5. The molecule has 0 saturated carbocycles. The number of ether oxygens (including phenoxy) is 2. The van der Waals surface area contributed by atoms with Crippen LogP contribution in [0.2, 0.25) is 0 Å². The van der Waals surface area contributed by atoms with E-state index in [0.717, 1.165) is 22.6 Å². The van der Waals surface area contributed by atoms with Crippen molar-refractivity contribution in [2.75, 3.05) is 24.9 Å². The molecule has 9 heteroatoms. The summed E-state index contributed by atoms with van der Waals surface area (Å²) in [6.07, 6.45) is 0.999. The Morgan fingerprint density at radius 1 is 0.970 bits per heavy atom. The van der Waals surface area contributed by atoms with Crippen LogP contribution in [0.3, 0.4) is 0 Å². The molecule has 2 atom stereocenters. The Labute approximate surface area is 189 Å². The SMILES string of the molecule is COC(=O)c1ccc([C@@H]2Nc3nonc3NC3=C2C(=O)C[C@@H](c2ccc(OC)cc2)C3)cc1. The normalized spacial score (nSPS) is 19.5. The second kappa shape index (κ2) is 8.42. The largest absolute Gasteiger partial charge is 0.497 e. The fourth-order valence-corrected chi connectivity index (χ4v) is 4.39. The number of nitrogens with zero attached hydrogens (tertiary/aromatic N) is 2. The lowest BCUT2D eigenvalue weighted by Crippen LogP contribution is -2.27. The summed E-state index contributed by atoms with van der Waals surface area (Å²) in [5.41, 5.74) is 3.71. The zero-order chi connectivity index (χ0) is 22.9. The van der Waals surface area contributed by atoms with Crippen LogP contribution in [0.15, 0.2) is 64.4 Å². The number of methoxy groups -OCH3 is 2. The first-order valence-electron chi connectivity index (χ1n) is 10.5. The van der Waals surface area contributed by atoms with Crippen LogP contribution in [-0.2, 0) is 9.53 Å². The summed E-state index contributed by atoms with van der Waals surface area (Å²) in [5.74, 6) is 1.24. The quantitative estimate of drug-likeness (QED) is 0.577. The van der Waals surface area contributed by atoms with Gasteiger partial charge in [-0.15, -0.1) is 0 Å². The molecule has 0 amide bonds. The Morgan fingerprint density at radius 3 is 2.36 bits per heavy atom. The number of allylic oxidation sites excluding steroid dienone is 1. The van der Waals surface area contributed by atoms with Gasteiger partial charge in [-0.05, 0) is 58.0 Å². The minimum atomic E-state index is -0.475. The van der Waals surface area contributed by atoms with E-state index in [9.17, 15) is 9.59 Å². The number of carbonyl (C=O) groups is 2. The molecular weight excluding hydrogens is 424 g/mol. The van der Waals surface area contributed by atoms with Gasteiger partial charge in [0.15, 0.2) is 5.78 Å². The van der Waals surface area contributed by atoms with E-state index < -0.39 is 12.0 Å². The number of carbonyl (C=O) groups excluding carboxylic acids is 2. The minimum Gasteiger partial charge on any atom is -0.497 e. The van der Waals surface area contributed by atoms with Crippen LogP contribution in [0.1, 0.15) is 46.3 Å². The first-order valence-corrected chi connectivity index (χ1v) is 10.5. The third-order valence-corrected chi connectivity index (χ3v) is 6.09. The molecule has 0 unspecified atom stereocenters. The van der Waals surface area contributed by atoms with Crippen LogP contribution in [-0.4, -0.2) is 36.3 Å². The van der Waals surface area contributed by atoms with Gasteiger partial charge in [-0.1, -0.05) is 24.3 Å². The van der Waals surface area contributed by atoms with Crippen molar-refractivity contribution < 1.29 is 23.7 Å². The molecule has 2 aliphatic rings. The van der Waals surface area contributed by atoms with Crippen LogP contribution in [0.25, 0.3) is 0 Å². The first-order chi connectivity index (χ1) is 16.1. The lowest BCUT2D eigenvalue weighted by atomic mass is 9.78. The van der Waals surface area contributed by atoms with E-state index in [1.165, 1.54) is 7.11 Å². The van der Waals surface area contributed by atoms with E-state index in [0.29, 0.717) is 35.6 Å². The van der Waals surface area contributed by atoms with Crippen LogP contribution in [0.5, 0.6) is 5.75 Å². The van der Waals surface area contributed by atoms with E-state index in [2.05, 4.69) is 20.9 Å². The van der Waals surface area contributed by atoms with Crippen LogP contribution < -0.4 is 15.4 Å². The summed E-state index contributed by atoms with van der Waals surface area (Å²) in [6, 6.07) is 14.3. The van der Waals surface area contributed by atoms with Crippen LogP contribution in [0, 0.1) is 0 Å². The van der Waals surface area contributed by atoms with Gasteiger partial charge >= 0.3 is 5.97 Å². The molecule has 0 saturated heterocycles. The van der Waals surface area contributed by atoms with E-state index in [1.54, 1.807) is 31.4 Å². The molecule has 1 aliphatic heterocycles. The third-order valence-electron chi connectivity index (χ3n) is 6.09. The summed E-state index contributed by atoms with van der Waals surface area (Å²) in [7, 11) is 2.96. The number of benzene rings is 2. The van der Waals surface area contributed by atoms with Crippen molar-refractivity contribution in [2.24, 2.45) is 0 Å². The number of aromatic nitrogens is 2. The predicted octanol–water partition coefficient (Wildman–Crippen LogP) is 3.84. The Hall–Kier alpha value is -4.14. The molecule has 0 bridgehead atoms. The van der Waals surface area contributed by atoms with Crippen molar-refractivity contribution in [2.45, 2.75) is 24.8 Å². The molecule has 2 N–H and O–H groups in total. The average molecular weight is 446 g/mol. The number of esters is 1. The highest BCUT2D eigenvalue weighted by Crippen LogP contribution is 2.43. The maximum atomic E-state index is 13.5. The number of rotatable bonds is 4. The molecule has 5 rings (SSSR count). The number of fused-ring (bicyclic) bond motifs is 1. The van der Waals surface area contributed by atoms with Gasteiger partial charge in [-0.25, -0.2) is 9.42 Å². The van der Waals surface area contributed by atoms with Crippen molar-refractivity contribution in [3.05, 3.63) is 76.5 Å². The molecule has 2 aromatic carbocycles. The van der Waals surface area contributed by atoms with Crippen molar-refractivity contribution in [3.63, 3.8) is 0 Å². The van der Waals surface area contributed by atoms with Gasteiger partial charge in [0.25, 0.3) is 0 Å². The van der Waals surface area contributed by atoms with Crippen molar-refractivity contribution in [1.82, 2.24) is 10.3 Å². The highest BCUT2D eigenvalue weighted by molar-refractivity contribution is 6.01. The highest BCUT2D eigenvalue weighted by atomic mass is 16.6. The first kappa shape index (κ1) is 20.7. The number of Topliss-reactive ketones (excluding diaryl/α,β-unsaturated/α-hetero) is 1. The number of hydrogen-bond acceptors (Lipinski definition) is 9. The fraction of sp³-hybridized carbons (Fsp3) is 0.250. The molecule has 168 valence electrons. The van der Waals surface area contributed by atoms with E-state index in [1.807, 2.05) is 24.3 Å². The molecular formula is C24H22N4O5. The number of nitrogens with one attached hydrogen (secondary N) is 2. The van der Waals surface area contributed by atoms with Gasteiger partial charge < -0.3 is 20.1 Å². The second-order valence-corrected chi connectivity index (χ2v) is 7.97. The Balaban J connectivity index is 1.53. The average Bonchev–Trinajstić information content (AvgIpc) is 3.22. The van der Waals surface area contributed by atoms with E-state index in [4.69, 9.17) is 14.1 Å². The van der Waals surface area contributed by atoms with Gasteiger partial charge in [0, 0.05) is 17.7 Å². The molecule has 3 aromatic rings. The molecule has 1 aliphatic carbocycles. The zero-order valence-electron chi connectivity index (χ0n) is 18.1. The van der Waals surface area contributed by atoms with Crippen molar-refractivity contribution >= 4 is 23.4 Å². The summed E-state index contributed by atoms with van der Waals surface area (Å²) in [5, 5.41) is 14.4. The molecule has 0 fully saturated rings. The minimum absolute atomic E-state index is 0.0124. The molecule has 2 heterocycles. The Morgan fingerprint density at radius 2 is 1.67 bits per heavy atom. The monoisotopic (exact) mass is 446 g/mol. The maximum Gasteiger partial charge on any atom is 0.337 e. The van der Waals surface area contributed by atoms with Crippen molar-refractivity contribution in [3.8, 4) is 5.75 Å². The van der Waals surface area contributed by atoms with E-state index in [-0.39, 0.29) is 11.7 Å². The molecule has 1 aromatic heterocycles. The van der Waals surface area contributed by atoms with Crippen molar-refractivity contribution in [1.29, 1.82) is 0 Å². The lowest BCUT2D eigenvalue weighted by Gasteiger charge is -2.29. The predicted molar refractivity (Wildman–Crippen MR) is 119 cm³/mol. The number of ketones is 1. The standard InChI is InChI=1S/C24H22N4O5/c1-31-17-9-7-13(8-10-17)16-11-18-20(19(29)12-16)21(26-23-22(25-18)27-33-28-23)14-3-5-15(6-4-14)24(30)32-2/h3-10,16,21H,11-12H2,1-2H3,(H,25,27)(H,26,28)/t16-,21-/m0/s1. The smallest absolute Gasteiger partial charge is 0.337 e. The molecule has 33 heavy (non-hydrogen) atoms. The molecule has 0 spiro atoms. The highest BCUT2D eigenvalue weighted by Gasteiger charge is 2.37. The summed E-state index contributed by atoms with van der Waals surface area (Å²) in [4.78, 5) is 25.3. The van der Waals surface area contributed by atoms with Gasteiger partial charge in [0.1, 0.15) is 5.75 Å². The number of hydrogen-bond donors (Lipinski definition) is 2. The number of anilines is 2. The topological polar surface area (TPSA) is 116 Å². The van der Waals surface area contributed by atoms with Crippen LogP contribution >= 0.6 is 0 Å². The van der Waals surface area contributed by atoms with Gasteiger partial charge in [-0.2, -0.15) is 0 Å². The second-order valence-electron chi connectivity index (χ2n) is 7.97. The molecule has 9 nitrogen and oxygen atoms in total. The summed E-state index contributed by atoms with van der Waals surface area (Å²) >= 11 is 0. The Bertz CT molecular complexity index is 1230. The summed E-state index contributed by atoms with van der Waals surface area (Å²) < 4.78 is 14.9. The van der Waals surface area contributed by atoms with Gasteiger partial charge in [0.2, 0.25) is 11.6 Å². The molecule has 0 radical (unpaired) electrons. The van der Waals surface area contributed by atoms with E-state index >= 15 is 0 Å². The Kier molecular flexibility index (Phi) is 5.29. The van der Waals surface area contributed by atoms with Crippen LogP contribution in [0.4, 0.5) is 11.6 Å². The fourth-order valence-electron chi connectivity index (χ4n) is 4.39. The van der Waals surface area contributed by atoms with Gasteiger partial charge in [-0.3, -0.25) is 4.79 Å². The lowest BCUT2D eigenvalue weighted by molar-refractivity contribution is -0.116. The van der Waals surface area contributed by atoms with Gasteiger partial charge in [0.05, 0.1) is 25.8 Å². The third kappa shape index (κ3) is 3.82. The summed E-state index contributed by atoms with van der Waals surface area (Å²) in [6.45, 7) is 0. The zero-order valence-corrected chi connectivity index (χ0v) is 18.1.